The van der Waals surface area contributed by atoms with Crippen LogP contribution in [0.25, 0.3) is 0 Å². The van der Waals surface area contributed by atoms with E-state index in [1.54, 1.807) is 24.3 Å². The van der Waals surface area contributed by atoms with E-state index in [2.05, 4.69) is 5.32 Å². The third kappa shape index (κ3) is 5.78. The quantitative estimate of drug-likeness (QED) is 0.592. The zero-order valence-electron chi connectivity index (χ0n) is 16.0. The largest absolute Gasteiger partial charge is 0.484 e. The topological polar surface area (TPSA) is 102 Å². The van der Waals surface area contributed by atoms with Crippen molar-refractivity contribution in [2.24, 2.45) is 0 Å². The average molecular weight is 397 g/mol. The molecule has 0 atom stereocenters. The number of benzene rings is 2. The lowest BCUT2D eigenvalue weighted by Gasteiger charge is -2.20. The molecule has 8 heteroatoms. The van der Waals surface area contributed by atoms with Gasteiger partial charge in [0, 0.05) is 36.5 Å². The summed E-state index contributed by atoms with van der Waals surface area (Å²) >= 11 is 0. The number of amides is 2. The molecule has 0 aromatic heterocycles. The molecule has 152 valence electrons. The van der Waals surface area contributed by atoms with Crippen molar-refractivity contribution in [3.63, 3.8) is 0 Å². The molecule has 0 radical (unpaired) electrons. The van der Waals surface area contributed by atoms with Crippen molar-refractivity contribution in [2.45, 2.75) is 25.7 Å². The van der Waals surface area contributed by atoms with E-state index >= 15 is 0 Å². The fraction of sp³-hybridized carbons (Fsp3) is 0.333. The molecule has 0 bridgehead atoms. The lowest BCUT2D eigenvalue weighted by molar-refractivity contribution is -0.384. The molecular weight excluding hydrogens is 374 g/mol. The predicted octanol–water partition coefficient (Wildman–Crippen LogP) is 3.63. The van der Waals surface area contributed by atoms with Crippen LogP contribution in [0.1, 0.15) is 36.0 Å². The smallest absolute Gasteiger partial charge is 0.269 e. The second kappa shape index (κ2) is 9.68. The third-order valence-corrected chi connectivity index (χ3v) is 4.73. The Morgan fingerprint density at radius 1 is 0.966 bits per heavy atom. The monoisotopic (exact) mass is 397 g/mol. The SMILES string of the molecule is O=C(COc1ccc([N+](=O)[O-])cc1)Nc1ccc(C(=O)N2CCCCCC2)cc1. The standard InChI is InChI=1S/C21H23N3O5/c25-20(15-29-19-11-9-18(10-12-19)24(27)28)22-17-7-5-16(6-8-17)21(26)23-13-3-1-2-4-14-23/h5-12H,1-4,13-15H2,(H,22,25). The van der Waals surface area contributed by atoms with Gasteiger partial charge >= 0.3 is 0 Å². The minimum Gasteiger partial charge on any atom is -0.484 e. The fourth-order valence-corrected chi connectivity index (χ4v) is 3.16. The maximum Gasteiger partial charge on any atom is 0.269 e. The van der Waals surface area contributed by atoms with Crippen LogP contribution < -0.4 is 10.1 Å². The number of rotatable bonds is 6. The number of carbonyl (C=O) groups is 2. The van der Waals surface area contributed by atoms with Gasteiger partial charge in [-0.25, -0.2) is 0 Å². The van der Waals surface area contributed by atoms with Gasteiger partial charge in [0.15, 0.2) is 6.61 Å². The lowest BCUT2D eigenvalue weighted by Crippen LogP contribution is -2.31. The van der Waals surface area contributed by atoms with Gasteiger partial charge in [0.05, 0.1) is 4.92 Å². The Kier molecular flexibility index (Phi) is 6.78. The lowest BCUT2D eigenvalue weighted by atomic mass is 10.1. The first-order valence-electron chi connectivity index (χ1n) is 9.59. The van der Waals surface area contributed by atoms with Crippen molar-refractivity contribution in [1.29, 1.82) is 0 Å². The van der Waals surface area contributed by atoms with E-state index in [1.165, 1.54) is 24.3 Å². The molecule has 1 aliphatic rings. The first-order valence-corrected chi connectivity index (χ1v) is 9.59. The summed E-state index contributed by atoms with van der Waals surface area (Å²) in [7, 11) is 0. The van der Waals surface area contributed by atoms with Crippen LogP contribution in [-0.4, -0.2) is 41.3 Å². The summed E-state index contributed by atoms with van der Waals surface area (Å²) in [6.45, 7) is 1.35. The van der Waals surface area contributed by atoms with Gasteiger partial charge in [-0.15, -0.1) is 0 Å². The number of nitrogens with one attached hydrogen (secondary N) is 1. The van der Waals surface area contributed by atoms with Crippen LogP contribution >= 0.6 is 0 Å². The van der Waals surface area contributed by atoms with Crippen LogP contribution in [0, 0.1) is 10.1 Å². The second-order valence-electron chi connectivity index (χ2n) is 6.87. The summed E-state index contributed by atoms with van der Waals surface area (Å²) in [5, 5.41) is 13.3. The number of ether oxygens (including phenoxy) is 1. The predicted molar refractivity (Wildman–Crippen MR) is 108 cm³/mol. The van der Waals surface area contributed by atoms with E-state index in [1.807, 2.05) is 4.90 Å². The number of nitrogens with zero attached hydrogens (tertiary/aromatic N) is 2. The zero-order valence-corrected chi connectivity index (χ0v) is 16.0. The fourth-order valence-electron chi connectivity index (χ4n) is 3.16. The minimum absolute atomic E-state index is 0.0197. The summed E-state index contributed by atoms with van der Waals surface area (Å²) in [5.41, 5.74) is 1.12. The van der Waals surface area contributed by atoms with Crippen molar-refractivity contribution in [1.82, 2.24) is 4.90 Å². The van der Waals surface area contributed by atoms with E-state index in [0.29, 0.717) is 17.0 Å². The van der Waals surface area contributed by atoms with Crippen molar-refractivity contribution < 1.29 is 19.2 Å². The number of non-ortho nitro benzene ring substituents is 1. The molecule has 2 amide bonds. The van der Waals surface area contributed by atoms with Crippen molar-refractivity contribution in [3.8, 4) is 5.75 Å². The molecule has 1 aliphatic heterocycles. The summed E-state index contributed by atoms with van der Waals surface area (Å²) in [5.74, 6) is 0.0189. The number of carbonyl (C=O) groups excluding carboxylic acids is 2. The Morgan fingerprint density at radius 3 is 2.17 bits per heavy atom. The van der Waals surface area contributed by atoms with E-state index in [9.17, 15) is 19.7 Å². The van der Waals surface area contributed by atoms with Gasteiger partial charge in [0.1, 0.15) is 5.75 Å². The Balaban J connectivity index is 1.50. The van der Waals surface area contributed by atoms with Crippen molar-refractivity contribution >= 4 is 23.2 Å². The number of likely N-dealkylation sites (tertiary alicyclic amines) is 1. The molecule has 8 nitrogen and oxygen atoms in total. The highest BCUT2D eigenvalue weighted by molar-refractivity contribution is 5.96. The molecule has 0 saturated carbocycles. The van der Waals surface area contributed by atoms with Crippen LogP contribution in [0.4, 0.5) is 11.4 Å². The number of anilines is 1. The molecule has 0 unspecified atom stereocenters. The van der Waals surface area contributed by atoms with Gasteiger partial charge < -0.3 is 15.0 Å². The molecule has 0 aliphatic carbocycles. The van der Waals surface area contributed by atoms with Gasteiger partial charge in [-0.1, -0.05) is 12.8 Å². The molecule has 1 saturated heterocycles. The maximum absolute atomic E-state index is 12.6. The molecule has 3 rings (SSSR count). The highest BCUT2D eigenvalue weighted by atomic mass is 16.6. The van der Waals surface area contributed by atoms with Crippen LogP contribution in [0.2, 0.25) is 0 Å². The summed E-state index contributed by atoms with van der Waals surface area (Å²) < 4.78 is 5.33. The minimum atomic E-state index is -0.502. The number of hydrogen-bond donors (Lipinski definition) is 1. The Hall–Kier alpha value is -3.42. The molecule has 1 N–H and O–H groups in total. The number of nitro groups is 1. The molecule has 2 aromatic rings. The van der Waals surface area contributed by atoms with E-state index in [0.717, 1.165) is 38.8 Å². The highest BCUT2D eigenvalue weighted by Crippen LogP contribution is 2.18. The van der Waals surface area contributed by atoms with Gasteiger partial charge in [-0.2, -0.15) is 0 Å². The summed E-state index contributed by atoms with van der Waals surface area (Å²) in [4.78, 5) is 36.6. The number of nitro benzene ring substituents is 1. The van der Waals surface area contributed by atoms with Crippen LogP contribution in [0.5, 0.6) is 5.75 Å². The van der Waals surface area contributed by atoms with Crippen LogP contribution in [-0.2, 0) is 4.79 Å². The van der Waals surface area contributed by atoms with Gasteiger partial charge in [0.25, 0.3) is 17.5 Å². The highest BCUT2D eigenvalue weighted by Gasteiger charge is 2.17. The van der Waals surface area contributed by atoms with Crippen LogP contribution in [0.15, 0.2) is 48.5 Å². The normalized spacial score (nSPS) is 14.0. The molecule has 1 heterocycles. The van der Waals surface area contributed by atoms with E-state index in [-0.39, 0.29) is 24.1 Å². The summed E-state index contributed by atoms with van der Waals surface area (Å²) in [6, 6.07) is 12.3. The van der Waals surface area contributed by atoms with Crippen molar-refractivity contribution in [2.75, 3.05) is 25.0 Å². The second-order valence-corrected chi connectivity index (χ2v) is 6.87. The molecule has 29 heavy (non-hydrogen) atoms. The van der Waals surface area contributed by atoms with Gasteiger partial charge in [-0.05, 0) is 49.2 Å². The third-order valence-electron chi connectivity index (χ3n) is 4.73. The number of hydrogen-bond acceptors (Lipinski definition) is 5. The maximum atomic E-state index is 12.6. The Bertz CT molecular complexity index is 857. The van der Waals surface area contributed by atoms with Crippen molar-refractivity contribution in [3.05, 3.63) is 64.2 Å². The molecule has 0 spiro atoms. The van der Waals surface area contributed by atoms with Crippen LogP contribution in [0.3, 0.4) is 0 Å². The summed E-state index contributed by atoms with van der Waals surface area (Å²) in [6.07, 6.45) is 4.40. The zero-order chi connectivity index (χ0) is 20.6. The van der Waals surface area contributed by atoms with Gasteiger partial charge in [0.2, 0.25) is 0 Å². The first-order chi connectivity index (χ1) is 14.0. The Morgan fingerprint density at radius 2 is 1.59 bits per heavy atom. The van der Waals surface area contributed by atoms with Gasteiger partial charge in [-0.3, -0.25) is 19.7 Å². The first kappa shape index (κ1) is 20.3. The average Bonchev–Trinajstić information content (AvgIpc) is 3.02. The van der Waals surface area contributed by atoms with E-state index < -0.39 is 4.92 Å². The molecular formula is C21H23N3O5. The Labute approximate surface area is 168 Å². The molecule has 2 aromatic carbocycles. The van der Waals surface area contributed by atoms with E-state index in [4.69, 9.17) is 4.74 Å². The molecule has 1 fully saturated rings.